The van der Waals surface area contributed by atoms with Crippen LogP contribution in [0.5, 0.6) is 0 Å². The molecular weight excluding hydrogens is 231 g/mol. The molecule has 1 aliphatic heterocycles. The fourth-order valence-corrected chi connectivity index (χ4v) is 2.38. The molecular formula is C14H19FN2O. The third kappa shape index (κ3) is 2.38. The Hall–Kier alpha value is -1.42. The number of amides is 1. The Morgan fingerprint density at radius 2 is 1.78 bits per heavy atom. The third-order valence-electron chi connectivity index (χ3n) is 3.75. The first-order valence-corrected chi connectivity index (χ1v) is 6.26. The molecule has 0 radical (unpaired) electrons. The van der Waals surface area contributed by atoms with Gasteiger partial charge >= 0.3 is 0 Å². The molecule has 18 heavy (non-hydrogen) atoms. The largest absolute Gasteiger partial charge is 0.335 e. The minimum atomic E-state index is -0.443. The maximum Gasteiger partial charge on any atom is 0.256 e. The molecule has 3 nitrogen and oxygen atoms in total. The van der Waals surface area contributed by atoms with Gasteiger partial charge in [0.25, 0.3) is 5.91 Å². The van der Waals surface area contributed by atoms with Gasteiger partial charge < -0.3 is 4.90 Å². The molecule has 0 aromatic heterocycles. The van der Waals surface area contributed by atoms with Crippen molar-refractivity contribution in [3.05, 3.63) is 35.6 Å². The van der Waals surface area contributed by atoms with E-state index in [0.29, 0.717) is 25.2 Å². The van der Waals surface area contributed by atoms with Crippen LogP contribution in [-0.2, 0) is 0 Å². The van der Waals surface area contributed by atoms with E-state index in [1.165, 1.54) is 6.07 Å². The molecule has 0 N–H and O–H groups in total. The normalized spacial score (nSPS) is 25.2. The second-order valence-electron chi connectivity index (χ2n) is 5.05. The number of nitrogens with zero attached hydrogens (tertiary/aromatic N) is 2. The van der Waals surface area contributed by atoms with Gasteiger partial charge in [0.05, 0.1) is 5.56 Å². The summed E-state index contributed by atoms with van der Waals surface area (Å²) in [5.41, 5.74) is 0.168. The molecule has 1 aliphatic rings. The van der Waals surface area contributed by atoms with E-state index in [0.717, 1.165) is 0 Å². The van der Waals surface area contributed by atoms with Gasteiger partial charge in [0, 0.05) is 25.2 Å². The predicted octanol–water partition coefficient (Wildman–Crippen LogP) is 1.99. The Labute approximate surface area is 107 Å². The minimum absolute atomic E-state index is 0.168. The maximum atomic E-state index is 13.6. The van der Waals surface area contributed by atoms with Crippen molar-refractivity contribution in [3.63, 3.8) is 0 Å². The lowest BCUT2D eigenvalue weighted by Gasteiger charge is -2.42. The molecule has 1 aromatic rings. The van der Waals surface area contributed by atoms with E-state index in [9.17, 15) is 9.18 Å². The number of hydrogen-bond donors (Lipinski definition) is 0. The van der Waals surface area contributed by atoms with Gasteiger partial charge in [-0.2, -0.15) is 0 Å². The fourth-order valence-electron chi connectivity index (χ4n) is 2.38. The third-order valence-corrected chi connectivity index (χ3v) is 3.75. The summed E-state index contributed by atoms with van der Waals surface area (Å²) in [5.74, 6) is -0.651. The average Bonchev–Trinajstić information content (AvgIpc) is 2.35. The summed E-state index contributed by atoms with van der Waals surface area (Å²) in [6, 6.07) is 6.76. The minimum Gasteiger partial charge on any atom is -0.335 e. The fraction of sp³-hybridized carbons (Fsp3) is 0.500. The Kier molecular flexibility index (Phi) is 3.66. The van der Waals surface area contributed by atoms with Gasteiger partial charge in [-0.3, -0.25) is 9.69 Å². The molecule has 1 saturated heterocycles. The van der Waals surface area contributed by atoms with Crippen LogP contribution in [0.25, 0.3) is 0 Å². The van der Waals surface area contributed by atoms with Crippen LogP contribution in [0.2, 0.25) is 0 Å². The van der Waals surface area contributed by atoms with E-state index in [1.54, 1.807) is 23.1 Å². The van der Waals surface area contributed by atoms with Crippen molar-refractivity contribution in [2.75, 3.05) is 20.1 Å². The van der Waals surface area contributed by atoms with E-state index in [-0.39, 0.29) is 11.5 Å². The van der Waals surface area contributed by atoms with Gasteiger partial charge in [-0.1, -0.05) is 12.1 Å². The number of hydrogen-bond acceptors (Lipinski definition) is 2. The molecule has 2 atom stereocenters. The Morgan fingerprint density at radius 1 is 1.22 bits per heavy atom. The molecule has 0 spiro atoms. The standard InChI is InChI=1S/C14H19FN2O/c1-10-8-17(9-11(2)16(10)3)14(18)12-6-4-5-7-13(12)15/h4-7,10-11H,8-9H2,1-3H3. The van der Waals surface area contributed by atoms with Crippen molar-refractivity contribution in [1.29, 1.82) is 0 Å². The summed E-state index contributed by atoms with van der Waals surface area (Å²) in [6.45, 7) is 5.45. The molecule has 2 rings (SSSR count). The smallest absolute Gasteiger partial charge is 0.256 e. The highest BCUT2D eigenvalue weighted by atomic mass is 19.1. The SMILES string of the molecule is CC1CN(C(=O)c2ccccc2F)CC(C)N1C. The first-order chi connectivity index (χ1) is 8.50. The van der Waals surface area contributed by atoms with Crippen molar-refractivity contribution in [3.8, 4) is 0 Å². The summed E-state index contributed by atoms with van der Waals surface area (Å²) in [6.07, 6.45) is 0. The highest BCUT2D eigenvalue weighted by Crippen LogP contribution is 2.17. The molecule has 98 valence electrons. The molecule has 2 unspecified atom stereocenters. The monoisotopic (exact) mass is 250 g/mol. The molecule has 1 fully saturated rings. The molecule has 1 amide bonds. The van der Waals surface area contributed by atoms with Crippen LogP contribution in [0, 0.1) is 5.82 Å². The van der Waals surface area contributed by atoms with Crippen LogP contribution in [0.15, 0.2) is 24.3 Å². The van der Waals surface area contributed by atoms with Gasteiger partial charge in [-0.25, -0.2) is 4.39 Å². The molecule has 0 bridgehead atoms. The molecule has 0 saturated carbocycles. The highest BCUT2D eigenvalue weighted by Gasteiger charge is 2.30. The van der Waals surface area contributed by atoms with Gasteiger partial charge in [0.1, 0.15) is 5.82 Å². The maximum absolute atomic E-state index is 13.6. The van der Waals surface area contributed by atoms with E-state index in [1.807, 2.05) is 0 Å². The van der Waals surface area contributed by atoms with Crippen LogP contribution < -0.4 is 0 Å². The summed E-state index contributed by atoms with van der Waals surface area (Å²) in [4.78, 5) is 16.3. The highest BCUT2D eigenvalue weighted by molar-refractivity contribution is 5.94. The summed E-state index contributed by atoms with van der Waals surface area (Å²) in [5, 5.41) is 0. The van der Waals surface area contributed by atoms with Gasteiger partial charge in [0.2, 0.25) is 0 Å². The van der Waals surface area contributed by atoms with E-state index >= 15 is 0 Å². The first-order valence-electron chi connectivity index (χ1n) is 6.26. The summed E-state index contributed by atoms with van der Waals surface area (Å²) >= 11 is 0. The lowest BCUT2D eigenvalue weighted by Crippen LogP contribution is -2.56. The van der Waals surface area contributed by atoms with Crippen molar-refractivity contribution < 1.29 is 9.18 Å². The summed E-state index contributed by atoms with van der Waals surface area (Å²) < 4.78 is 13.6. The Morgan fingerprint density at radius 3 is 2.33 bits per heavy atom. The average molecular weight is 250 g/mol. The zero-order valence-electron chi connectivity index (χ0n) is 11.1. The molecule has 0 aliphatic carbocycles. The topological polar surface area (TPSA) is 23.6 Å². The van der Waals surface area contributed by atoms with Crippen LogP contribution in [0.1, 0.15) is 24.2 Å². The van der Waals surface area contributed by atoms with Crippen molar-refractivity contribution in [2.45, 2.75) is 25.9 Å². The zero-order valence-corrected chi connectivity index (χ0v) is 11.1. The van der Waals surface area contributed by atoms with Crippen molar-refractivity contribution in [1.82, 2.24) is 9.80 Å². The van der Waals surface area contributed by atoms with E-state index in [2.05, 4.69) is 25.8 Å². The number of carbonyl (C=O) groups excluding carboxylic acids is 1. The Balaban J connectivity index is 2.18. The number of piperazine rings is 1. The van der Waals surface area contributed by atoms with E-state index in [4.69, 9.17) is 0 Å². The van der Waals surface area contributed by atoms with Crippen LogP contribution in [0.3, 0.4) is 0 Å². The van der Waals surface area contributed by atoms with Crippen molar-refractivity contribution >= 4 is 5.91 Å². The van der Waals surface area contributed by atoms with Crippen LogP contribution in [-0.4, -0.2) is 47.9 Å². The number of rotatable bonds is 1. The predicted molar refractivity (Wildman–Crippen MR) is 69.0 cm³/mol. The van der Waals surface area contributed by atoms with E-state index < -0.39 is 5.82 Å². The molecule has 4 heteroatoms. The number of likely N-dealkylation sites (N-methyl/N-ethyl adjacent to an activating group) is 1. The first kappa shape index (κ1) is 13.0. The second kappa shape index (κ2) is 5.06. The summed E-state index contributed by atoms with van der Waals surface area (Å²) in [7, 11) is 2.06. The second-order valence-corrected chi connectivity index (χ2v) is 5.05. The lowest BCUT2D eigenvalue weighted by molar-refractivity contribution is 0.0410. The van der Waals surface area contributed by atoms with Gasteiger partial charge in [0.15, 0.2) is 0 Å². The van der Waals surface area contributed by atoms with Gasteiger partial charge in [-0.15, -0.1) is 0 Å². The van der Waals surface area contributed by atoms with Crippen molar-refractivity contribution in [2.24, 2.45) is 0 Å². The lowest BCUT2D eigenvalue weighted by atomic mass is 10.1. The zero-order chi connectivity index (χ0) is 13.3. The van der Waals surface area contributed by atoms with Gasteiger partial charge in [-0.05, 0) is 33.0 Å². The Bertz CT molecular complexity index is 437. The number of halogens is 1. The van der Waals surface area contributed by atoms with Crippen LogP contribution >= 0.6 is 0 Å². The molecule has 1 aromatic carbocycles. The molecule has 1 heterocycles. The quantitative estimate of drug-likeness (QED) is 0.761. The van der Waals surface area contributed by atoms with Crippen LogP contribution in [0.4, 0.5) is 4.39 Å². The number of benzene rings is 1. The number of carbonyl (C=O) groups is 1.